The molecule has 0 radical (unpaired) electrons. The van der Waals surface area contributed by atoms with Crippen LogP contribution in [-0.2, 0) is 46.8 Å². The molecule has 0 amide bonds. The Balaban J connectivity index is 0.000000157. The average Bonchev–Trinajstić information content (AvgIpc) is 3.68. The predicted molar refractivity (Wildman–Crippen MR) is 293 cm³/mol. The van der Waals surface area contributed by atoms with Gasteiger partial charge in [-0.3, -0.25) is 4.79 Å². The Labute approximate surface area is 435 Å². The van der Waals surface area contributed by atoms with Gasteiger partial charge in [0.15, 0.2) is 35.2 Å². The van der Waals surface area contributed by atoms with Gasteiger partial charge in [0, 0.05) is 5.41 Å². The van der Waals surface area contributed by atoms with Crippen molar-refractivity contribution in [2.45, 2.75) is 132 Å². The van der Waals surface area contributed by atoms with Gasteiger partial charge in [0.1, 0.15) is 25.5 Å². The van der Waals surface area contributed by atoms with Crippen LogP contribution < -0.4 is 0 Å². The molecule has 9 rings (SSSR count). The van der Waals surface area contributed by atoms with E-state index in [1.54, 1.807) is 6.92 Å². The van der Waals surface area contributed by atoms with Gasteiger partial charge in [0.2, 0.25) is 0 Å². The summed E-state index contributed by atoms with van der Waals surface area (Å²) >= 11 is 0. The van der Waals surface area contributed by atoms with Gasteiger partial charge < -0.3 is 9.11 Å². The Morgan fingerprint density at radius 1 is 0.472 bits per heavy atom. The van der Waals surface area contributed by atoms with Gasteiger partial charge in [-0.2, -0.15) is 0 Å². The zero-order valence-corrected chi connectivity index (χ0v) is 46.0. The van der Waals surface area contributed by atoms with Crippen LogP contribution in [-0.4, -0.2) is 37.0 Å². The van der Waals surface area contributed by atoms with Crippen LogP contribution >= 0.6 is 0 Å². The van der Waals surface area contributed by atoms with E-state index in [1.807, 2.05) is 53.7 Å². The lowest BCUT2D eigenvalue weighted by Gasteiger charge is -2.32. The number of ketones is 1. The maximum absolute atomic E-state index is 12.0. The Hall–Kier alpha value is -5.27. The van der Waals surface area contributed by atoms with Crippen molar-refractivity contribution >= 4 is 47.8 Å². The SMILES string of the molecule is CC(C)c1cc(C(C)C)c(S(=O)(=O)[O-])c(C(C)C)c1.CC12CCC(C(S(=O)(=O)[O-])C1=O)C2(C)C.c1ccc([S+](c2ccccc2)c2ccccc2)cc1.c1ccc([S+](c2ccccc2)c2ccccc2)cc1. The lowest BCUT2D eigenvalue weighted by atomic mass is 9.70. The van der Waals surface area contributed by atoms with Crippen LogP contribution in [0.4, 0.5) is 0 Å². The summed E-state index contributed by atoms with van der Waals surface area (Å²) in [6, 6.07) is 68.0. The van der Waals surface area contributed by atoms with Gasteiger partial charge in [-0.1, -0.05) is 184 Å². The van der Waals surface area contributed by atoms with Crippen molar-refractivity contribution in [3.05, 3.63) is 211 Å². The second-order valence-corrected chi connectivity index (χ2v) is 26.8. The molecule has 7 nitrogen and oxygen atoms in total. The second-order valence-electron chi connectivity index (χ2n) is 19.9. The van der Waals surface area contributed by atoms with Crippen molar-refractivity contribution in [2.24, 2.45) is 16.7 Å². The molecular formula is C61H68O7S4. The highest BCUT2D eigenvalue weighted by molar-refractivity contribution is 7.97. The van der Waals surface area contributed by atoms with Crippen LogP contribution in [0.15, 0.2) is 228 Å². The summed E-state index contributed by atoms with van der Waals surface area (Å²) in [4.78, 5) is 20.1. The maximum atomic E-state index is 12.0. The third-order valence-electron chi connectivity index (χ3n) is 14.0. The minimum absolute atomic E-state index is 0.00919. The topological polar surface area (TPSA) is 131 Å². The van der Waals surface area contributed by atoms with E-state index in [-0.39, 0.29) is 55.6 Å². The summed E-state index contributed by atoms with van der Waals surface area (Å²) in [6.07, 6.45) is 1.37. The molecule has 0 heterocycles. The zero-order valence-electron chi connectivity index (χ0n) is 42.8. The molecule has 2 bridgehead atoms. The monoisotopic (exact) mass is 1040 g/mol. The molecule has 3 unspecified atom stereocenters. The summed E-state index contributed by atoms with van der Waals surface area (Å²) in [5.74, 6) is -0.334. The largest absolute Gasteiger partial charge is 0.747 e. The molecule has 0 aromatic heterocycles. The number of fused-ring (bicyclic) bond motifs is 2. The van der Waals surface area contributed by atoms with Gasteiger partial charge in [-0.05, 0) is 131 Å². The van der Waals surface area contributed by atoms with Crippen LogP contribution in [0.3, 0.4) is 0 Å². The summed E-state index contributed by atoms with van der Waals surface area (Å²) in [6.45, 7) is 17.4. The summed E-state index contributed by atoms with van der Waals surface area (Å²) < 4.78 is 68.1. The molecular weight excluding hydrogens is 973 g/mol. The number of hydrogen-bond acceptors (Lipinski definition) is 7. The van der Waals surface area contributed by atoms with Gasteiger partial charge in [-0.25, -0.2) is 16.8 Å². The Morgan fingerprint density at radius 3 is 0.931 bits per heavy atom. The van der Waals surface area contributed by atoms with Crippen molar-refractivity contribution < 1.29 is 30.7 Å². The van der Waals surface area contributed by atoms with E-state index in [4.69, 9.17) is 0 Å². The summed E-state index contributed by atoms with van der Waals surface area (Å²) in [5, 5.41) is -1.30. The standard InChI is InChI=1S/2C18H15S.C15H24O3S.C10H16O4S/c2*1-4-10-16(11-5-1)19(17-12-6-2-7-13-17)18-14-8-3-9-15-18;1-9(2)12-7-13(10(3)4)15(19(16,17)18)14(8-12)11(5)6;1-9(2)6-4-5-10(9,3)8(11)7(6)15(12,13)14/h2*1-15H;7-11H,1-6H3,(H,16,17,18);6-7H,4-5H2,1-3H3,(H,12,13,14)/q2*+1;;/p-2. The number of carbonyl (C=O) groups excluding carboxylic acids is 1. The molecule has 3 atom stereocenters. The van der Waals surface area contributed by atoms with Crippen LogP contribution in [0.25, 0.3) is 0 Å². The fraction of sp³-hybridized carbons (Fsp3) is 0.295. The third-order valence-corrected chi connectivity index (χ3v) is 20.6. The molecule has 2 aliphatic carbocycles. The van der Waals surface area contributed by atoms with E-state index < -0.39 is 30.9 Å². The molecule has 2 fully saturated rings. The van der Waals surface area contributed by atoms with E-state index >= 15 is 0 Å². The molecule has 72 heavy (non-hydrogen) atoms. The maximum Gasteiger partial charge on any atom is 0.166 e. The molecule has 2 aliphatic rings. The van der Waals surface area contributed by atoms with Crippen molar-refractivity contribution in [2.75, 3.05) is 0 Å². The van der Waals surface area contributed by atoms with Crippen LogP contribution in [0, 0.1) is 16.7 Å². The average molecular weight is 1040 g/mol. The summed E-state index contributed by atoms with van der Waals surface area (Å²) in [5.41, 5.74) is 1.38. The molecule has 7 aromatic carbocycles. The molecule has 11 heteroatoms. The van der Waals surface area contributed by atoms with Crippen LogP contribution in [0.2, 0.25) is 0 Å². The van der Waals surface area contributed by atoms with Gasteiger partial charge in [-0.15, -0.1) is 0 Å². The van der Waals surface area contributed by atoms with Crippen LogP contribution in [0.1, 0.15) is 110 Å². The van der Waals surface area contributed by atoms with Gasteiger partial charge in [0.25, 0.3) is 0 Å². The fourth-order valence-electron chi connectivity index (χ4n) is 9.67. The van der Waals surface area contributed by atoms with Crippen molar-refractivity contribution in [3.8, 4) is 0 Å². The Kier molecular flexibility index (Phi) is 18.8. The van der Waals surface area contributed by atoms with E-state index in [9.17, 15) is 30.7 Å². The van der Waals surface area contributed by atoms with E-state index in [0.717, 1.165) is 5.56 Å². The fourth-order valence-corrected chi connectivity index (χ4v) is 16.4. The highest BCUT2D eigenvalue weighted by Gasteiger charge is 2.67. The lowest BCUT2D eigenvalue weighted by molar-refractivity contribution is -0.128. The first-order chi connectivity index (χ1) is 34.1. The van der Waals surface area contributed by atoms with Gasteiger partial charge >= 0.3 is 0 Å². The highest BCUT2D eigenvalue weighted by atomic mass is 32.2. The zero-order chi connectivity index (χ0) is 52.4. The van der Waals surface area contributed by atoms with Crippen molar-refractivity contribution in [3.63, 3.8) is 0 Å². The highest BCUT2D eigenvalue weighted by Crippen LogP contribution is 2.64. The first kappa shape index (κ1) is 56.0. The third kappa shape index (κ3) is 13.1. The molecule has 378 valence electrons. The molecule has 0 N–H and O–H groups in total. The summed E-state index contributed by atoms with van der Waals surface area (Å²) in [7, 11) is -8.97. The number of Topliss-reactive ketones (excluding diaryl/α,β-unsaturated/α-hetero) is 1. The number of rotatable bonds is 11. The molecule has 0 saturated heterocycles. The number of carbonyl (C=O) groups is 1. The van der Waals surface area contributed by atoms with E-state index in [2.05, 4.69) is 196 Å². The first-order valence-corrected chi connectivity index (χ1v) is 29.8. The van der Waals surface area contributed by atoms with E-state index in [0.29, 0.717) is 29.9 Å². The minimum Gasteiger partial charge on any atom is -0.747 e. The minimum atomic E-state index is -4.49. The normalized spacial score (nSPS) is 18.0. The van der Waals surface area contributed by atoms with E-state index in [1.165, 1.54) is 29.4 Å². The Bertz CT molecular complexity index is 2720. The number of hydrogen-bond donors (Lipinski definition) is 0. The Morgan fingerprint density at radius 2 is 0.750 bits per heavy atom. The van der Waals surface area contributed by atoms with Crippen molar-refractivity contribution in [1.29, 1.82) is 0 Å². The van der Waals surface area contributed by atoms with Crippen molar-refractivity contribution in [1.82, 2.24) is 0 Å². The van der Waals surface area contributed by atoms with Gasteiger partial charge in [0.05, 0.1) is 26.7 Å². The quantitative estimate of drug-likeness (QED) is 0.0931. The number of benzene rings is 7. The first-order valence-electron chi connectivity index (χ1n) is 24.5. The predicted octanol–water partition coefficient (Wildman–Crippen LogP) is 14.5. The second kappa shape index (κ2) is 24.2. The van der Waals surface area contributed by atoms with Crippen LogP contribution in [0.5, 0.6) is 0 Å². The molecule has 2 saturated carbocycles. The molecule has 0 aliphatic heterocycles. The lowest BCUT2D eigenvalue weighted by Crippen LogP contribution is -2.38. The molecule has 0 spiro atoms. The smallest absolute Gasteiger partial charge is 0.166 e. The molecule has 7 aromatic rings.